The quantitative estimate of drug-likeness (QED) is 0.501. The second kappa shape index (κ2) is 7.59. The molecule has 0 fully saturated rings. The fourth-order valence-corrected chi connectivity index (χ4v) is 2.53. The number of hydrogen-bond acceptors (Lipinski definition) is 3. The third-order valence-corrected chi connectivity index (χ3v) is 4.76. The first-order valence-corrected chi connectivity index (χ1v) is 8.01. The zero-order valence-electron chi connectivity index (χ0n) is 13.0. The molecule has 0 spiro atoms. The van der Waals surface area contributed by atoms with Crippen LogP contribution < -0.4 is 0 Å². The molecule has 0 aliphatic heterocycles. The maximum atomic E-state index is 4.58. The topological polar surface area (TPSA) is 24.7 Å². The maximum absolute atomic E-state index is 4.58. The van der Waals surface area contributed by atoms with Gasteiger partial charge in [0.1, 0.15) is 0 Å². The van der Waals surface area contributed by atoms with Gasteiger partial charge in [0.2, 0.25) is 0 Å². The van der Waals surface area contributed by atoms with Crippen LogP contribution in [-0.4, -0.2) is 11.4 Å². The predicted molar refractivity (Wildman–Crippen MR) is 87.4 cm³/mol. The highest BCUT2D eigenvalue weighted by Gasteiger charge is 2.19. The van der Waals surface area contributed by atoms with E-state index in [1.54, 1.807) is 11.3 Å². The predicted octanol–water partition coefficient (Wildman–Crippen LogP) is 5.25. The van der Waals surface area contributed by atoms with Crippen LogP contribution in [0.1, 0.15) is 52.8 Å². The van der Waals surface area contributed by atoms with Crippen molar-refractivity contribution in [3.63, 3.8) is 0 Å². The fraction of sp³-hybridized carbons (Fsp3) is 0.625. The van der Waals surface area contributed by atoms with E-state index in [2.05, 4.69) is 62.3 Å². The summed E-state index contributed by atoms with van der Waals surface area (Å²) in [5, 5.41) is 11.1. The number of hydrogen-bond donors (Lipinski definition) is 0. The average molecular weight is 278 g/mol. The molecule has 0 radical (unpaired) electrons. The largest absolute Gasteiger partial charge is 0.159 e. The molecule has 1 heterocycles. The van der Waals surface area contributed by atoms with Crippen molar-refractivity contribution in [2.24, 2.45) is 28.0 Å². The van der Waals surface area contributed by atoms with Gasteiger partial charge < -0.3 is 0 Å². The first kappa shape index (κ1) is 16.1. The molecule has 0 aromatic carbocycles. The van der Waals surface area contributed by atoms with Gasteiger partial charge in [-0.05, 0) is 42.5 Å². The molecule has 2 unspecified atom stereocenters. The van der Waals surface area contributed by atoms with E-state index in [0.29, 0.717) is 17.8 Å². The van der Waals surface area contributed by atoms with Crippen LogP contribution in [-0.2, 0) is 0 Å². The lowest BCUT2D eigenvalue weighted by Crippen LogP contribution is -2.23. The normalized spacial score (nSPS) is 16.8. The van der Waals surface area contributed by atoms with Gasteiger partial charge in [0.15, 0.2) is 0 Å². The number of nitrogens with zero attached hydrogens (tertiary/aromatic N) is 2. The summed E-state index contributed by atoms with van der Waals surface area (Å²) in [6, 6.07) is 4.14. The van der Waals surface area contributed by atoms with Crippen molar-refractivity contribution in [1.82, 2.24) is 0 Å². The first-order chi connectivity index (χ1) is 8.97. The molecule has 1 aromatic rings. The van der Waals surface area contributed by atoms with Gasteiger partial charge in [-0.1, -0.05) is 40.7 Å². The molecule has 106 valence electrons. The second-order valence-electron chi connectivity index (χ2n) is 5.53. The molecule has 0 aliphatic rings. The smallest absolute Gasteiger partial charge is 0.0771 e. The summed E-state index contributed by atoms with van der Waals surface area (Å²) in [5.74, 6) is 1.58. The van der Waals surface area contributed by atoms with Gasteiger partial charge in [-0.3, -0.25) is 0 Å². The maximum Gasteiger partial charge on any atom is 0.0771 e. The van der Waals surface area contributed by atoms with Gasteiger partial charge in [0, 0.05) is 5.71 Å². The molecule has 0 N–H and O–H groups in total. The van der Waals surface area contributed by atoms with E-state index in [4.69, 9.17) is 0 Å². The molecule has 1 rings (SSSR count). The Morgan fingerprint density at radius 3 is 2.37 bits per heavy atom. The lowest BCUT2D eigenvalue weighted by atomic mass is 9.85. The van der Waals surface area contributed by atoms with E-state index >= 15 is 0 Å². The minimum atomic E-state index is 0.481. The highest BCUT2D eigenvalue weighted by molar-refractivity contribution is 7.12. The highest BCUT2D eigenvalue weighted by Crippen LogP contribution is 2.20. The standard InChI is InChI=1S/C16H26N2S/c1-7-12(4)16(13(5)11(2)3)18-17-14(6)15-9-8-10-19-15/h8-13H,7H2,1-6H3. The van der Waals surface area contributed by atoms with E-state index < -0.39 is 0 Å². The molecule has 0 bridgehead atoms. The molecule has 1 aromatic heterocycles. The molecule has 3 heteroatoms. The molecule has 0 amide bonds. The van der Waals surface area contributed by atoms with Crippen molar-refractivity contribution in [3.8, 4) is 0 Å². The van der Waals surface area contributed by atoms with Crippen LogP contribution in [0.3, 0.4) is 0 Å². The minimum absolute atomic E-state index is 0.481. The van der Waals surface area contributed by atoms with Gasteiger partial charge >= 0.3 is 0 Å². The Hall–Kier alpha value is -0.960. The first-order valence-electron chi connectivity index (χ1n) is 7.13. The van der Waals surface area contributed by atoms with Crippen LogP contribution in [0.25, 0.3) is 0 Å². The van der Waals surface area contributed by atoms with Crippen LogP contribution >= 0.6 is 11.3 Å². The molecule has 2 nitrogen and oxygen atoms in total. The number of rotatable bonds is 6. The SMILES string of the molecule is CCC(C)C(=NN=C(C)c1cccs1)C(C)C(C)C. The van der Waals surface area contributed by atoms with Crippen LogP contribution in [0.5, 0.6) is 0 Å². The van der Waals surface area contributed by atoms with Crippen LogP contribution in [0.2, 0.25) is 0 Å². The Kier molecular flexibility index (Phi) is 6.43. The lowest BCUT2D eigenvalue weighted by Gasteiger charge is -2.21. The van der Waals surface area contributed by atoms with Crippen molar-refractivity contribution in [2.45, 2.75) is 48.0 Å². The Balaban J connectivity index is 2.97. The summed E-state index contributed by atoms with van der Waals surface area (Å²) < 4.78 is 0. The third-order valence-electron chi connectivity index (χ3n) is 3.78. The summed E-state index contributed by atoms with van der Waals surface area (Å²) in [5.41, 5.74) is 2.24. The molecule has 0 saturated carbocycles. The van der Waals surface area contributed by atoms with E-state index in [-0.39, 0.29) is 0 Å². The number of thiophene rings is 1. The molecule has 2 atom stereocenters. The Morgan fingerprint density at radius 1 is 1.21 bits per heavy atom. The zero-order valence-corrected chi connectivity index (χ0v) is 13.8. The third kappa shape index (κ3) is 4.57. The summed E-state index contributed by atoms with van der Waals surface area (Å²) in [6.07, 6.45) is 1.11. The molecule has 19 heavy (non-hydrogen) atoms. The van der Waals surface area contributed by atoms with Crippen molar-refractivity contribution in [2.75, 3.05) is 0 Å². The van der Waals surface area contributed by atoms with Crippen LogP contribution in [0.15, 0.2) is 27.7 Å². The van der Waals surface area contributed by atoms with Gasteiger partial charge in [-0.15, -0.1) is 11.3 Å². The van der Waals surface area contributed by atoms with Crippen molar-refractivity contribution in [1.29, 1.82) is 0 Å². The van der Waals surface area contributed by atoms with E-state index in [1.807, 2.05) is 6.92 Å². The summed E-state index contributed by atoms with van der Waals surface area (Å²) >= 11 is 1.71. The van der Waals surface area contributed by atoms with Crippen LogP contribution in [0, 0.1) is 17.8 Å². The van der Waals surface area contributed by atoms with Gasteiger partial charge in [-0.2, -0.15) is 10.2 Å². The van der Waals surface area contributed by atoms with Crippen molar-refractivity contribution < 1.29 is 0 Å². The summed E-state index contributed by atoms with van der Waals surface area (Å²) in [6.45, 7) is 13.2. The van der Waals surface area contributed by atoms with Crippen molar-refractivity contribution >= 4 is 22.8 Å². The molecule has 0 aliphatic carbocycles. The van der Waals surface area contributed by atoms with Crippen molar-refractivity contribution in [3.05, 3.63) is 22.4 Å². The lowest BCUT2D eigenvalue weighted by molar-refractivity contribution is 0.504. The Morgan fingerprint density at radius 2 is 1.89 bits per heavy atom. The summed E-state index contributed by atoms with van der Waals surface area (Å²) in [4.78, 5) is 1.20. The van der Waals surface area contributed by atoms with Crippen LogP contribution in [0.4, 0.5) is 0 Å². The molecular formula is C16H26N2S. The molecular weight excluding hydrogens is 252 g/mol. The Bertz CT molecular complexity index is 430. The van der Waals surface area contributed by atoms with Gasteiger partial charge in [0.05, 0.1) is 10.6 Å². The average Bonchev–Trinajstić information content (AvgIpc) is 2.91. The van der Waals surface area contributed by atoms with E-state index in [0.717, 1.165) is 12.1 Å². The second-order valence-corrected chi connectivity index (χ2v) is 6.48. The monoisotopic (exact) mass is 278 g/mol. The Labute approximate surface area is 121 Å². The fourth-order valence-electron chi connectivity index (χ4n) is 1.86. The van der Waals surface area contributed by atoms with E-state index in [1.165, 1.54) is 10.6 Å². The van der Waals surface area contributed by atoms with Gasteiger partial charge in [0.25, 0.3) is 0 Å². The zero-order chi connectivity index (χ0) is 14.4. The summed E-state index contributed by atoms with van der Waals surface area (Å²) in [7, 11) is 0. The molecule has 0 saturated heterocycles. The minimum Gasteiger partial charge on any atom is -0.159 e. The highest BCUT2D eigenvalue weighted by atomic mass is 32.1. The van der Waals surface area contributed by atoms with E-state index in [9.17, 15) is 0 Å². The van der Waals surface area contributed by atoms with Gasteiger partial charge in [-0.25, -0.2) is 0 Å².